The van der Waals surface area contributed by atoms with Crippen molar-refractivity contribution in [2.75, 3.05) is 7.11 Å². The standard InChI is InChI=1S/C17H13Cl2NO4S/c1-24-17(21)12-9-20(16-8-3-2-5-11(12)16)25(22,23)10-13-14(18)6-4-7-15(13)19/h2-9H,10H2,1H3. The Bertz CT molecular complexity index is 1050. The Morgan fingerprint density at radius 3 is 2.36 bits per heavy atom. The van der Waals surface area contributed by atoms with Gasteiger partial charge in [0.25, 0.3) is 0 Å². The van der Waals surface area contributed by atoms with Gasteiger partial charge in [0, 0.05) is 27.2 Å². The Kier molecular flexibility index (Phi) is 4.77. The molecule has 0 amide bonds. The molecule has 0 unspecified atom stereocenters. The van der Waals surface area contributed by atoms with Crippen LogP contribution in [0.1, 0.15) is 15.9 Å². The molecule has 130 valence electrons. The lowest BCUT2D eigenvalue weighted by Gasteiger charge is -2.10. The lowest BCUT2D eigenvalue weighted by atomic mass is 10.2. The molecule has 1 aromatic heterocycles. The molecule has 1 heterocycles. The maximum Gasteiger partial charge on any atom is 0.340 e. The van der Waals surface area contributed by atoms with E-state index in [2.05, 4.69) is 0 Å². The van der Waals surface area contributed by atoms with Crippen molar-refractivity contribution in [3.8, 4) is 0 Å². The first-order chi connectivity index (χ1) is 11.8. The van der Waals surface area contributed by atoms with Crippen molar-refractivity contribution in [1.29, 1.82) is 0 Å². The number of carbonyl (C=O) groups excluding carboxylic acids is 1. The molecule has 0 aliphatic carbocycles. The van der Waals surface area contributed by atoms with Crippen LogP contribution < -0.4 is 0 Å². The summed E-state index contributed by atoms with van der Waals surface area (Å²) in [6, 6.07) is 11.5. The first kappa shape index (κ1) is 17.8. The number of carbonyl (C=O) groups is 1. The van der Waals surface area contributed by atoms with E-state index < -0.39 is 21.7 Å². The molecule has 0 atom stereocenters. The third-order valence-electron chi connectivity index (χ3n) is 3.77. The lowest BCUT2D eigenvalue weighted by Crippen LogP contribution is -2.15. The van der Waals surface area contributed by atoms with Crippen LogP contribution >= 0.6 is 23.2 Å². The van der Waals surface area contributed by atoms with Crippen molar-refractivity contribution in [2.24, 2.45) is 0 Å². The van der Waals surface area contributed by atoms with Gasteiger partial charge in [-0.2, -0.15) is 0 Å². The van der Waals surface area contributed by atoms with E-state index in [4.69, 9.17) is 27.9 Å². The molecule has 0 bridgehead atoms. The van der Waals surface area contributed by atoms with Gasteiger partial charge >= 0.3 is 5.97 Å². The number of hydrogen-bond donors (Lipinski definition) is 0. The molecular formula is C17H13Cl2NO4S. The monoisotopic (exact) mass is 397 g/mol. The first-order valence-electron chi connectivity index (χ1n) is 7.19. The number of hydrogen-bond acceptors (Lipinski definition) is 4. The highest BCUT2D eigenvalue weighted by atomic mass is 35.5. The van der Waals surface area contributed by atoms with Crippen molar-refractivity contribution in [3.63, 3.8) is 0 Å². The van der Waals surface area contributed by atoms with Crippen molar-refractivity contribution >= 4 is 50.1 Å². The molecule has 0 radical (unpaired) electrons. The molecular weight excluding hydrogens is 385 g/mol. The van der Waals surface area contributed by atoms with Gasteiger partial charge in [0.1, 0.15) is 0 Å². The predicted octanol–water partition coefficient (Wildman–Crippen LogP) is 4.11. The minimum absolute atomic E-state index is 0.173. The van der Waals surface area contributed by atoms with Gasteiger partial charge in [-0.15, -0.1) is 0 Å². The Labute approximate surface area is 154 Å². The minimum Gasteiger partial charge on any atom is -0.465 e. The van der Waals surface area contributed by atoms with Crippen molar-refractivity contribution in [3.05, 3.63) is 69.8 Å². The van der Waals surface area contributed by atoms with E-state index in [9.17, 15) is 13.2 Å². The number of ether oxygens (including phenoxy) is 1. The summed E-state index contributed by atoms with van der Waals surface area (Å²) >= 11 is 12.2. The number of benzene rings is 2. The number of halogens is 2. The molecule has 8 heteroatoms. The van der Waals surface area contributed by atoms with Gasteiger partial charge in [-0.05, 0) is 18.2 Å². The third-order valence-corrected chi connectivity index (χ3v) is 6.03. The van der Waals surface area contributed by atoms with Gasteiger partial charge in [-0.25, -0.2) is 17.2 Å². The molecule has 0 spiro atoms. The average molecular weight is 398 g/mol. The van der Waals surface area contributed by atoms with E-state index in [1.807, 2.05) is 0 Å². The number of para-hydroxylation sites is 1. The van der Waals surface area contributed by atoms with Gasteiger partial charge in [0.05, 0.1) is 23.9 Å². The second-order valence-electron chi connectivity index (χ2n) is 5.30. The highest BCUT2D eigenvalue weighted by Gasteiger charge is 2.24. The topological polar surface area (TPSA) is 65.4 Å². The van der Waals surface area contributed by atoms with E-state index in [1.54, 1.807) is 42.5 Å². The summed E-state index contributed by atoms with van der Waals surface area (Å²) in [4.78, 5) is 12.0. The van der Waals surface area contributed by atoms with Gasteiger partial charge in [-0.1, -0.05) is 47.5 Å². The van der Waals surface area contributed by atoms with E-state index in [0.29, 0.717) is 16.5 Å². The van der Waals surface area contributed by atoms with Gasteiger partial charge in [0.2, 0.25) is 10.0 Å². The zero-order valence-electron chi connectivity index (χ0n) is 13.1. The molecule has 0 fully saturated rings. The average Bonchev–Trinajstić information content (AvgIpc) is 2.98. The summed E-state index contributed by atoms with van der Waals surface area (Å²) in [5.74, 6) is -1.01. The van der Waals surface area contributed by atoms with Crippen molar-refractivity contribution in [1.82, 2.24) is 3.97 Å². The predicted molar refractivity (Wildman–Crippen MR) is 97.8 cm³/mol. The quantitative estimate of drug-likeness (QED) is 0.621. The smallest absolute Gasteiger partial charge is 0.340 e. The largest absolute Gasteiger partial charge is 0.465 e. The Balaban J connectivity index is 2.17. The van der Waals surface area contributed by atoms with Crippen LogP contribution in [-0.2, 0) is 20.5 Å². The molecule has 5 nitrogen and oxygen atoms in total. The van der Waals surface area contributed by atoms with Crippen LogP contribution in [0.4, 0.5) is 0 Å². The number of methoxy groups -OCH3 is 1. The van der Waals surface area contributed by atoms with Crippen LogP contribution in [-0.4, -0.2) is 25.5 Å². The maximum atomic E-state index is 12.9. The normalized spacial score (nSPS) is 11.6. The van der Waals surface area contributed by atoms with Gasteiger partial charge in [-0.3, -0.25) is 0 Å². The summed E-state index contributed by atoms with van der Waals surface area (Å²) in [6.07, 6.45) is 1.26. The maximum absolute atomic E-state index is 12.9. The summed E-state index contributed by atoms with van der Waals surface area (Å²) in [5.41, 5.74) is 0.862. The Morgan fingerprint density at radius 1 is 1.08 bits per heavy atom. The third kappa shape index (κ3) is 3.25. The fourth-order valence-electron chi connectivity index (χ4n) is 2.57. The molecule has 0 N–H and O–H groups in total. The molecule has 25 heavy (non-hydrogen) atoms. The Morgan fingerprint density at radius 2 is 1.72 bits per heavy atom. The summed E-state index contributed by atoms with van der Waals surface area (Å²) in [6.45, 7) is 0. The van der Waals surface area contributed by atoms with Gasteiger partial charge < -0.3 is 4.74 Å². The highest BCUT2D eigenvalue weighted by Crippen LogP contribution is 2.29. The molecule has 2 aromatic carbocycles. The number of rotatable bonds is 4. The van der Waals surface area contributed by atoms with Crippen LogP contribution in [0.3, 0.4) is 0 Å². The number of fused-ring (bicyclic) bond motifs is 1. The summed E-state index contributed by atoms with van der Waals surface area (Å²) < 4.78 is 31.7. The van der Waals surface area contributed by atoms with Crippen LogP contribution in [0.5, 0.6) is 0 Å². The molecule has 0 aliphatic heterocycles. The highest BCUT2D eigenvalue weighted by molar-refractivity contribution is 7.89. The number of aromatic nitrogens is 1. The fraction of sp³-hybridized carbons (Fsp3) is 0.118. The number of esters is 1. The molecule has 0 saturated carbocycles. The second kappa shape index (κ2) is 6.71. The van der Waals surface area contributed by atoms with E-state index in [-0.39, 0.29) is 15.6 Å². The molecule has 3 aromatic rings. The molecule has 3 rings (SSSR count). The summed E-state index contributed by atoms with van der Waals surface area (Å²) in [5, 5.41) is 1.02. The van der Waals surface area contributed by atoms with Crippen LogP contribution in [0, 0.1) is 0 Å². The molecule has 0 aliphatic rings. The minimum atomic E-state index is -3.87. The van der Waals surface area contributed by atoms with Crippen LogP contribution in [0.25, 0.3) is 10.9 Å². The SMILES string of the molecule is COC(=O)c1cn(S(=O)(=O)Cc2c(Cl)cccc2Cl)c2ccccc12. The lowest BCUT2D eigenvalue weighted by molar-refractivity contribution is 0.0603. The Hall–Kier alpha value is -2.02. The molecule has 0 saturated heterocycles. The second-order valence-corrected chi connectivity index (χ2v) is 7.96. The van der Waals surface area contributed by atoms with E-state index in [1.165, 1.54) is 13.3 Å². The summed E-state index contributed by atoms with van der Waals surface area (Å²) in [7, 11) is -2.62. The first-order valence-corrected chi connectivity index (χ1v) is 9.56. The van der Waals surface area contributed by atoms with Crippen LogP contribution in [0.2, 0.25) is 10.0 Å². The zero-order valence-corrected chi connectivity index (χ0v) is 15.4. The van der Waals surface area contributed by atoms with Crippen LogP contribution in [0.15, 0.2) is 48.7 Å². The van der Waals surface area contributed by atoms with Gasteiger partial charge in [0.15, 0.2) is 0 Å². The van der Waals surface area contributed by atoms with E-state index >= 15 is 0 Å². The van der Waals surface area contributed by atoms with Crippen molar-refractivity contribution in [2.45, 2.75) is 5.75 Å². The zero-order chi connectivity index (χ0) is 18.2. The van der Waals surface area contributed by atoms with E-state index in [0.717, 1.165) is 3.97 Å². The fourth-order valence-corrected chi connectivity index (χ4v) is 4.80. The number of nitrogens with zero attached hydrogens (tertiary/aromatic N) is 1. The van der Waals surface area contributed by atoms with Crippen molar-refractivity contribution < 1.29 is 17.9 Å².